The maximum absolute atomic E-state index is 11.8. The highest BCUT2D eigenvalue weighted by molar-refractivity contribution is 7.13. The highest BCUT2D eigenvalue weighted by Gasteiger charge is 2.11. The Morgan fingerprint density at radius 2 is 2.29 bits per heavy atom. The van der Waals surface area contributed by atoms with Gasteiger partial charge in [0.1, 0.15) is 6.54 Å². The summed E-state index contributed by atoms with van der Waals surface area (Å²) < 4.78 is 6.40. The molecule has 2 heterocycles. The smallest absolute Gasteiger partial charge is 0.311 e. The van der Waals surface area contributed by atoms with Crippen molar-refractivity contribution in [1.82, 2.24) is 14.8 Å². The number of carbonyl (C=O) groups excluding carboxylic acids is 2. The van der Waals surface area contributed by atoms with Gasteiger partial charge in [0.2, 0.25) is 5.91 Å². The number of hydrogen-bond donors (Lipinski definition) is 1. The predicted molar refractivity (Wildman–Crippen MR) is 78.0 cm³/mol. The van der Waals surface area contributed by atoms with E-state index in [0.717, 1.165) is 5.69 Å². The number of anilines is 1. The van der Waals surface area contributed by atoms with Crippen molar-refractivity contribution in [3.8, 4) is 0 Å². The Hall–Kier alpha value is -2.22. The summed E-state index contributed by atoms with van der Waals surface area (Å²) in [6.45, 7) is 4.08. The fourth-order valence-corrected chi connectivity index (χ4v) is 2.39. The fourth-order valence-electron chi connectivity index (χ4n) is 1.66. The van der Waals surface area contributed by atoms with E-state index in [4.69, 9.17) is 4.74 Å². The number of carbonyl (C=O) groups is 2. The van der Waals surface area contributed by atoms with Crippen LogP contribution >= 0.6 is 11.3 Å². The molecule has 1 amide bonds. The second-order valence-electron chi connectivity index (χ2n) is 4.33. The van der Waals surface area contributed by atoms with Crippen LogP contribution < -0.4 is 5.32 Å². The number of hydrogen-bond acceptors (Lipinski definition) is 6. The summed E-state index contributed by atoms with van der Waals surface area (Å²) in [6.07, 6.45) is 1.85. The number of esters is 1. The van der Waals surface area contributed by atoms with Crippen molar-refractivity contribution in [2.45, 2.75) is 26.8 Å². The molecular formula is C13H16N4O3S. The minimum absolute atomic E-state index is 0.110. The molecule has 0 bridgehead atoms. The molecule has 8 heteroatoms. The third kappa shape index (κ3) is 4.67. The fraction of sp³-hybridized carbons (Fsp3) is 0.385. The SMILES string of the molecule is CCOC(=O)Cc1csc(NC(=O)Cn2ccc(C)n2)n1. The Morgan fingerprint density at radius 1 is 1.48 bits per heavy atom. The van der Waals surface area contributed by atoms with E-state index < -0.39 is 0 Å². The average Bonchev–Trinajstić information content (AvgIpc) is 2.99. The number of nitrogens with zero attached hydrogens (tertiary/aromatic N) is 3. The van der Waals surface area contributed by atoms with Crippen LogP contribution in [0.25, 0.3) is 0 Å². The molecule has 0 radical (unpaired) electrons. The van der Waals surface area contributed by atoms with Crippen LogP contribution in [0.3, 0.4) is 0 Å². The van der Waals surface area contributed by atoms with Gasteiger partial charge in [-0.3, -0.25) is 14.3 Å². The van der Waals surface area contributed by atoms with E-state index in [0.29, 0.717) is 17.4 Å². The molecule has 1 N–H and O–H groups in total. The minimum Gasteiger partial charge on any atom is -0.466 e. The van der Waals surface area contributed by atoms with Crippen molar-refractivity contribution in [2.24, 2.45) is 0 Å². The first-order valence-electron chi connectivity index (χ1n) is 6.46. The highest BCUT2D eigenvalue weighted by Crippen LogP contribution is 2.16. The number of nitrogens with one attached hydrogen (secondary N) is 1. The molecule has 7 nitrogen and oxygen atoms in total. The van der Waals surface area contributed by atoms with Crippen molar-refractivity contribution in [2.75, 3.05) is 11.9 Å². The molecule has 0 unspecified atom stereocenters. The van der Waals surface area contributed by atoms with Gasteiger partial charge >= 0.3 is 5.97 Å². The molecule has 112 valence electrons. The molecule has 0 aliphatic carbocycles. The number of aryl methyl sites for hydroxylation is 1. The lowest BCUT2D eigenvalue weighted by atomic mass is 10.3. The van der Waals surface area contributed by atoms with Gasteiger partial charge in [0.25, 0.3) is 0 Å². The number of rotatable bonds is 6. The Labute approximate surface area is 125 Å². The van der Waals surface area contributed by atoms with Crippen molar-refractivity contribution in [3.63, 3.8) is 0 Å². The molecular weight excluding hydrogens is 292 g/mol. The van der Waals surface area contributed by atoms with Crippen molar-refractivity contribution in [3.05, 3.63) is 29.0 Å². The van der Waals surface area contributed by atoms with Gasteiger partial charge in [-0.1, -0.05) is 0 Å². The van der Waals surface area contributed by atoms with Crippen LogP contribution in [0.4, 0.5) is 5.13 Å². The quantitative estimate of drug-likeness (QED) is 0.815. The van der Waals surface area contributed by atoms with E-state index in [9.17, 15) is 9.59 Å². The maximum atomic E-state index is 11.8. The lowest BCUT2D eigenvalue weighted by Crippen LogP contribution is -2.19. The topological polar surface area (TPSA) is 86.1 Å². The summed E-state index contributed by atoms with van der Waals surface area (Å²) in [5, 5.41) is 9.00. The second-order valence-corrected chi connectivity index (χ2v) is 5.19. The zero-order chi connectivity index (χ0) is 15.2. The molecule has 2 rings (SSSR count). The van der Waals surface area contributed by atoms with Gasteiger partial charge in [-0.25, -0.2) is 4.98 Å². The summed E-state index contributed by atoms with van der Waals surface area (Å²) in [7, 11) is 0. The molecule has 0 saturated heterocycles. The summed E-state index contributed by atoms with van der Waals surface area (Å²) in [4.78, 5) is 27.3. The van der Waals surface area contributed by atoms with E-state index >= 15 is 0 Å². The van der Waals surface area contributed by atoms with Crippen molar-refractivity contribution in [1.29, 1.82) is 0 Å². The van der Waals surface area contributed by atoms with E-state index in [2.05, 4.69) is 15.4 Å². The van der Waals surface area contributed by atoms with Gasteiger partial charge in [-0.2, -0.15) is 5.10 Å². The van der Waals surface area contributed by atoms with Crippen LogP contribution in [0.2, 0.25) is 0 Å². The molecule has 0 aromatic carbocycles. The first kappa shape index (κ1) is 15.2. The van der Waals surface area contributed by atoms with E-state index in [-0.39, 0.29) is 24.8 Å². The standard InChI is InChI=1S/C13H16N4O3S/c1-3-20-12(19)6-10-8-21-13(14-10)15-11(18)7-17-5-4-9(2)16-17/h4-5,8H,3,6-7H2,1-2H3,(H,14,15,18). The largest absolute Gasteiger partial charge is 0.466 e. The molecule has 0 aliphatic rings. The molecule has 21 heavy (non-hydrogen) atoms. The summed E-state index contributed by atoms with van der Waals surface area (Å²) >= 11 is 1.27. The number of amides is 1. The Bertz CT molecular complexity index is 635. The van der Waals surface area contributed by atoms with Gasteiger partial charge in [0.05, 0.1) is 24.4 Å². The minimum atomic E-state index is -0.326. The molecule has 0 spiro atoms. The Morgan fingerprint density at radius 3 is 2.95 bits per heavy atom. The lowest BCUT2D eigenvalue weighted by Gasteiger charge is -2.01. The van der Waals surface area contributed by atoms with Crippen LogP contribution in [-0.2, 0) is 27.3 Å². The van der Waals surface area contributed by atoms with Crippen molar-refractivity contribution >= 4 is 28.3 Å². The van der Waals surface area contributed by atoms with Gasteiger partial charge in [-0.15, -0.1) is 11.3 Å². The van der Waals surface area contributed by atoms with E-state index in [1.165, 1.54) is 11.3 Å². The van der Waals surface area contributed by atoms with Gasteiger partial charge in [0.15, 0.2) is 5.13 Å². The van der Waals surface area contributed by atoms with E-state index in [1.807, 2.05) is 13.0 Å². The molecule has 0 aliphatic heterocycles. The van der Waals surface area contributed by atoms with Crippen molar-refractivity contribution < 1.29 is 14.3 Å². The zero-order valence-electron chi connectivity index (χ0n) is 11.8. The molecule has 0 fully saturated rings. The Balaban J connectivity index is 1.87. The van der Waals surface area contributed by atoms with Crippen LogP contribution in [0.1, 0.15) is 18.3 Å². The normalized spacial score (nSPS) is 10.4. The van der Waals surface area contributed by atoms with Gasteiger partial charge < -0.3 is 10.1 Å². The second kappa shape index (κ2) is 6.98. The van der Waals surface area contributed by atoms with Gasteiger partial charge in [0, 0.05) is 11.6 Å². The third-order valence-electron chi connectivity index (χ3n) is 2.51. The number of ether oxygens (including phenoxy) is 1. The first-order valence-corrected chi connectivity index (χ1v) is 7.34. The lowest BCUT2D eigenvalue weighted by molar-refractivity contribution is -0.142. The van der Waals surface area contributed by atoms with Crippen LogP contribution in [0.5, 0.6) is 0 Å². The first-order chi connectivity index (χ1) is 10.1. The predicted octanol–water partition coefficient (Wildman–Crippen LogP) is 1.39. The molecule has 0 saturated carbocycles. The molecule has 0 atom stereocenters. The number of thiazole rings is 1. The molecule has 2 aromatic heterocycles. The summed E-state index contributed by atoms with van der Waals surface area (Å²) in [6, 6.07) is 1.83. The summed E-state index contributed by atoms with van der Waals surface area (Å²) in [5.41, 5.74) is 1.44. The van der Waals surface area contributed by atoms with Crippen LogP contribution in [-0.4, -0.2) is 33.2 Å². The monoisotopic (exact) mass is 308 g/mol. The number of aromatic nitrogens is 3. The van der Waals surface area contributed by atoms with Crippen LogP contribution in [0, 0.1) is 6.92 Å². The summed E-state index contributed by atoms with van der Waals surface area (Å²) in [5.74, 6) is -0.539. The zero-order valence-corrected chi connectivity index (χ0v) is 12.6. The van der Waals surface area contributed by atoms with Crippen LogP contribution in [0.15, 0.2) is 17.6 Å². The average molecular weight is 308 g/mol. The highest BCUT2D eigenvalue weighted by atomic mass is 32.1. The van der Waals surface area contributed by atoms with E-state index in [1.54, 1.807) is 23.2 Å². The van der Waals surface area contributed by atoms with Gasteiger partial charge in [-0.05, 0) is 19.9 Å². The Kier molecular flexibility index (Phi) is 5.04. The third-order valence-corrected chi connectivity index (χ3v) is 3.32. The maximum Gasteiger partial charge on any atom is 0.311 e. The molecule has 2 aromatic rings.